The number of H-pyrrole nitrogens is 2. The third-order valence-electron chi connectivity index (χ3n) is 5.46. The lowest BCUT2D eigenvalue weighted by atomic mass is 10.2. The van der Waals surface area contributed by atoms with Crippen molar-refractivity contribution in [2.45, 2.75) is 0 Å². The van der Waals surface area contributed by atoms with Crippen LogP contribution in [0, 0.1) is 0 Å². The molecule has 5 aromatic rings. The van der Waals surface area contributed by atoms with Gasteiger partial charge in [-0.3, -0.25) is 9.97 Å². The Kier molecular flexibility index (Phi) is 8.18. The molecule has 0 aliphatic heterocycles. The van der Waals surface area contributed by atoms with Crippen molar-refractivity contribution in [3.05, 3.63) is 132 Å². The third kappa shape index (κ3) is 6.95. The standard InChI is InChI=1S/C30H25N7O3/c1-39-26-19-21(17-18-25(26)40-27(38)22-11-5-2-6-12-22)20-31-37-30-35-28(32-23-13-7-3-8-14-23)34-29(36-30)33-24-15-9-4-10-16-24/h2-20H,1H3,(H3,32,33,34,35,36,37)/b31-20-. The number of aromatic nitrogens is 3. The molecule has 0 saturated heterocycles. The van der Waals surface area contributed by atoms with Crippen LogP contribution in [0.4, 0.5) is 17.3 Å². The van der Waals surface area contributed by atoms with Crippen LogP contribution in [0.15, 0.2) is 124 Å². The van der Waals surface area contributed by atoms with Crippen LogP contribution in [-0.4, -0.2) is 34.2 Å². The third-order valence-corrected chi connectivity index (χ3v) is 5.46. The van der Waals surface area contributed by atoms with Gasteiger partial charge in [-0.15, -0.1) is 0 Å². The highest BCUT2D eigenvalue weighted by molar-refractivity contribution is 5.91. The number of hydrogen-bond acceptors (Lipinski definition) is 8. The number of carbonyl (C=O) groups excluding carboxylic acids is 1. The van der Waals surface area contributed by atoms with Crippen LogP contribution in [0.5, 0.6) is 11.5 Å². The minimum absolute atomic E-state index is 0.300. The van der Waals surface area contributed by atoms with E-state index in [0.29, 0.717) is 39.8 Å². The van der Waals surface area contributed by atoms with Crippen LogP contribution >= 0.6 is 0 Å². The number of hydrogen-bond donors (Lipinski definition) is 3. The van der Waals surface area contributed by atoms with E-state index >= 15 is 0 Å². The zero-order valence-electron chi connectivity index (χ0n) is 21.5. The predicted octanol–water partition coefficient (Wildman–Crippen LogP) is 4.88. The number of ether oxygens (including phenoxy) is 2. The normalized spacial score (nSPS) is 11.9. The van der Waals surface area contributed by atoms with Gasteiger partial charge in [0.15, 0.2) is 11.5 Å². The first-order valence-electron chi connectivity index (χ1n) is 12.3. The van der Waals surface area contributed by atoms with E-state index in [9.17, 15) is 4.79 Å². The summed E-state index contributed by atoms with van der Waals surface area (Å²) in [7, 11) is 1.50. The zero-order chi connectivity index (χ0) is 27.6. The summed E-state index contributed by atoms with van der Waals surface area (Å²) in [6, 6.07) is 32.8. The van der Waals surface area contributed by atoms with Gasteiger partial charge in [-0.05, 0) is 60.2 Å². The zero-order valence-corrected chi connectivity index (χ0v) is 21.5. The Bertz CT molecular complexity index is 1680. The molecule has 10 nitrogen and oxygen atoms in total. The van der Waals surface area contributed by atoms with Gasteiger partial charge in [-0.2, -0.15) is 10.1 Å². The first kappa shape index (κ1) is 25.9. The number of rotatable bonds is 8. The van der Waals surface area contributed by atoms with Crippen molar-refractivity contribution in [2.75, 3.05) is 12.5 Å². The fourth-order valence-electron chi connectivity index (χ4n) is 3.58. The molecule has 5 rings (SSSR count). The van der Waals surface area contributed by atoms with E-state index in [1.165, 1.54) is 7.11 Å². The molecule has 198 valence electrons. The molecular formula is C30H25N7O3. The van der Waals surface area contributed by atoms with Gasteiger partial charge in [0.1, 0.15) is 0 Å². The number of carbonyl (C=O) groups is 1. The molecule has 0 radical (unpaired) electrons. The van der Waals surface area contributed by atoms with Crippen LogP contribution in [0.2, 0.25) is 0 Å². The van der Waals surface area contributed by atoms with Crippen LogP contribution in [0.3, 0.4) is 0 Å². The summed E-state index contributed by atoms with van der Waals surface area (Å²) in [6.45, 7) is 0. The van der Waals surface area contributed by atoms with E-state index in [0.717, 1.165) is 11.4 Å². The van der Waals surface area contributed by atoms with Crippen molar-refractivity contribution in [3.8, 4) is 11.5 Å². The van der Waals surface area contributed by atoms with Crippen LogP contribution in [0.25, 0.3) is 0 Å². The lowest BCUT2D eigenvalue weighted by Crippen LogP contribution is -2.28. The second-order valence-electron chi connectivity index (χ2n) is 8.31. The number of nitrogens with zero attached hydrogens (tertiary/aromatic N) is 4. The van der Waals surface area contributed by atoms with Crippen molar-refractivity contribution in [1.29, 1.82) is 0 Å². The average molecular weight is 532 g/mol. The Morgan fingerprint density at radius 3 is 2.12 bits per heavy atom. The molecule has 4 aromatic carbocycles. The number of anilines is 1. The summed E-state index contributed by atoms with van der Waals surface area (Å²) in [5.41, 5.74) is 6.29. The number of esters is 1. The maximum absolute atomic E-state index is 12.4. The number of nitrogens with one attached hydrogen (secondary N) is 3. The smallest absolute Gasteiger partial charge is 0.343 e. The highest BCUT2D eigenvalue weighted by atomic mass is 16.6. The molecule has 1 aromatic heterocycles. The van der Waals surface area contributed by atoms with Gasteiger partial charge in [-0.25, -0.2) is 20.2 Å². The van der Waals surface area contributed by atoms with E-state index in [1.807, 2.05) is 66.7 Å². The van der Waals surface area contributed by atoms with Crippen LogP contribution in [-0.2, 0) is 0 Å². The fraction of sp³-hybridized carbons (Fsp3) is 0.0333. The number of aromatic amines is 2. The van der Waals surface area contributed by atoms with E-state index in [-0.39, 0.29) is 0 Å². The molecule has 0 aliphatic rings. The van der Waals surface area contributed by atoms with Crippen molar-refractivity contribution >= 4 is 29.5 Å². The van der Waals surface area contributed by atoms with Gasteiger partial charge in [0, 0.05) is 0 Å². The molecule has 3 N–H and O–H groups in total. The van der Waals surface area contributed by atoms with Crippen LogP contribution in [0.1, 0.15) is 15.9 Å². The topological polar surface area (TPSA) is 129 Å². The summed E-state index contributed by atoms with van der Waals surface area (Å²) in [5, 5.41) is 4.29. The van der Waals surface area contributed by atoms with Gasteiger partial charge in [-0.1, -0.05) is 54.6 Å². The largest absolute Gasteiger partial charge is 0.493 e. The van der Waals surface area contributed by atoms with Crippen molar-refractivity contribution in [2.24, 2.45) is 15.1 Å². The van der Waals surface area contributed by atoms with Gasteiger partial charge >= 0.3 is 5.97 Å². The number of benzene rings is 4. The predicted molar refractivity (Wildman–Crippen MR) is 152 cm³/mol. The molecule has 10 heteroatoms. The van der Waals surface area contributed by atoms with E-state index in [4.69, 9.17) is 9.47 Å². The van der Waals surface area contributed by atoms with Gasteiger partial charge < -0.3 is 9.47 Å². The van der Waals surface area contributed by atoms with Crippen LogP contribution < -0.4 is 26.1 Å². The molecule has 0 unspecified atom stereocenters. The Hall–Kier alpha value is -5.77. The molecule has 0 fully saturated rings. The molecule has 0 saturated carbocycles. The molecule has 0 atom stereocenters. The van der Waals surface area contributed by atoms with Gasteiger partial charge in [0.05, 0.1) is 30.3 Å². The Balaban J connectivity index is 1.38. The first-order chi connectivity index (χ1) is 19.7. The lowest BCUT2D eigenvalue weighted by Gasteiger charge is -2.10. The molecule has 1 heterocycles. The lowest BCUT2D eigenvalue weighted by molar-refractivity contribution is 0.0729. The monoisotopic (exact) mass is 531 g/mol. The van der Waals surface area contributed by atoms with Gasteiger partial charge in [0.2, 0.25) is 17.2 Å². The Labute approximate surface area is 229 Å². The average Bonchev–Trinajstić information content (AvgIpc) is 2.99. The first-order valence-corrected chi connectivity index (χ1v) is 12.3. The van der Waals surface area contributed by atoms with E-state index in [2.05, 4.69) is 35.5 Å². The second-order valence-corrected chi connectivity index (χ2v) is 8.31. The summed E-state index contributed by atoms with van der Waals surface area (Å²) in [4.78, 5) is 32.2. The summed E-state index contributed by atoms with van der Waals surface area (Å²) in [6.07, 6.45) is 1.58. The minimum atomic E-state index is -0.474. The summed E-state index contributed by atoms with van der Waals surface area (Å²) in [5.74, 6) is 0.534. The number of methoxy groups -OCH3 is 1. The highest BCUT2D eigenvalue weighted by Gasteiger charge is 2.12. The molecule has 0 amide bonds. The Morgan fingerprint density at radius 1 is 0.800 bits per heavy atom. The number of hydrazone groups is 1. The molecule has 40 heavy (non-hydrogen) atoms. The second kappa shape index (κ2) is 12.7. The van der Waals surface area contributed by atoms with Gasteiger partial charge in [0.25, 0.3) is 0 Å². The summed E-state index contributed by atoms with van der Waals surface area (Å²) < 4.78 is 10.9. The molecule has 0 spiro atoms. The van der Waals surface area contributed by atoms with E-state index in [1.54, 1.807) is 48.7 Å². The van der Waals surface area contributed by atoms with Crippen molar-refractivity contribution in [3.63, 3.8) is 0 Å². The maximum atomic E-state index is 12.4. The maximum Gasteiger partial charge on any atom is 0.343 e. The quantitative estimate of drug-likeness (QED) is 0.114. The molecule has 0 aliphatic carbocycles. The summed E-state index contributed by atoms with van der Waals surface area (Å²) >= 11 is 0. The van der Waals surface area contributed by atoms with E-state index < -0.39 is 5.97 Å². The minimum Gasteiger partial charge on any atom is -0.493 e. The molecule has 0 bridgehead atoms. The fourth-order valence-corrected chi connectivity index (χ4v) is 3.58. The molecular weight excluding hydrogens is 506 g/mol. The van der Waals surface area contributed by atoms with Crippen molar-refractivity contribution in [1.82, 2.24) is 15.0 Å². The van der Waals surface area contributed by atoms with Crippen molar-refractivity contribution < 1.29 is 14.3 Å². The SMILES string of the molecule is COc1cc(/C=N\Nc2nc(=Nc3ccccc3)[nH]c(=Nc3ccccc3)[nH]2)ccc1OC(=O)c1ccccc1. The number of para-hydroxylation sites is 2. The highest BCUT2D eigenvalue weighted by Crippen LogP contribution is 2.28. The Morgan fingerprint density at radius 2 is 1.45 bits per heavy atom.